The maximum absolute atomic E-state index is 6.22. The highest BCUT2D eigenvalue weighted by Gasteiger charge is 2.24. The Morgan fingerprint density at radius 3 is 2.83 bits per heavy atom. The lowest BCUT2D eigenvalue weighted by atomic mass is 9.96. The molecule has 1 N–H and O–H groups in total. The smallest absolute Gasteiger partial charge is 0.193 e. The first kappa shape index (κ1) is 22.2. The van der Waals surface area contributed by atoms with Gasteiger partial charge in [0, 0.05) is 63.7 Å². The number of nitrogens with one attached hydrogen (secondary N) is 1. The molecule has 0 amide bonds. The number of guanidine groups is 1. The van der Waals surface area contributed by atoms with Gasteiger partial charge in [0.2, 0.25) is 0 Å². The Bertz CT molecular complexity index is 675. The predicted octanol–water partition coefficient (Wildman–Crippen LogP) is 4.19. The standard InChI is InChI=1S/C23H37ClN4O/c1-4-25-23(27(3)11-7-19-9-13-29-14-10-19)26-16-20-8-12-28(17-20)22-15-21(24)6-5-18(22)2/h5-6,15,19-20H,4,7-14,16-17H2,1-3H3,(H,25,26). The van der Waals surface area contributed by atoms with Crippen molar-refractivity contribution in [2.24, 2.45) is 16.8 Å². The second-order valence-electron chi connectivity index (χ2n) is 8.49. The number of rotatable bonds is 7. The normalized spacial score (nSPS) is 20.9. The van der Waals surface area contributed by atoms with Crippen molar-refractivity contribution in [2.45, 2.75) is 39.5 Å². The van der Waals surface area contributed by atoms with Crippen molar-refractivity contribution in [1.29, 1.82) is 0 Å². The van der Waals surface area contributed by atoms with E-state index in [1.54, 1.807) is 0 Å². The molecule has 0 radical (unpaired) electrons. The van der Waals surface area contributed by atoms with Gasteiger partial charge in [-0.05, 0) is 69.1 Å². The van der Waals surface area contributed by atoms with Crippen molar-refractivity contribution in [3.8, 4) is 0 Å². The van der Waals surface area contributed by atoms with Crippen LogP contribution in [0.3, 0.4) is 0 Å². The van der Waals surface area contributed by atoms with E-state index in [0.717, 1.165) is 62.8 Å². The molecule has 29 heavy (non-hydrogen) atoms. The summed E-state index contributed by atoms with van der Waals surface area (Å²) in [4.78, 5) is 9.74. The number of benzene rings is 1. The van der Waals surface area contributed by atoms with Gasteiger partial charge in [-0.2, -0.15) is 0 Å². The van der Waals surface area contributed by atoms with Crippen LogP contribution in [-0.2, 0) is 4.74 Å². The summed E-state index contributed by atoms with van der Waals surface area (Å²) < 4.78 is 5.48. The summed E-state index contributed by atoms with van der Waals surface area (Å²) in [5.41, 5.74) is 2.56. The number of nitrogens with zero attached hydrogens (tertiary/aromatic N) is 3. The molecule has 2 fully saturated rings. The molecule has 2 heterocycles. The Hall–Kier alpha value is -1.46. The summed E-state index contributed by atoms with van der Waals surface area (Å²) in [7, 11) is 2.16. The van der Waals surface area contributed by atoms with Crippen LogP contribution >= 0.6 is 11.6 Å². The van der Waals surface area contributed by atoms with Gasteiger partial charge in [0.1, 0.15) is 0 Å². The number of hydrogen-bond donors (Lipinski definition) is 1. The lowest BCUT2D eigenvalue weighted by molar-refractivity contribution is 0.0625. The van der Waals surface area contributed by atoms with Gasteiger partial charge >= 0.3 is 0 Å². The van der Waals surface area contributed by atoms with E-state index < -0.39 is 0 Å². The summed E-state index contributed by atoms with van der Waals surface area (Å²) in [6, 6.07) is 6.17. The molecular formula is C23H37ClN4O. The molecule has 1 atom stereocenters. The molecule has 0 bridgehead atoms. The molecule has 0 aliphatic carbocycles. The molecule has 5 nitrogen and oxygen atoms in total. The van der Waals surface area contributed by atoms with Gasteiger partial charge in [-0.3, -0.25) is 4.99 Å². The summed E-state index contributed by atoms with van der Waals surface area (Å²) >= 11 is 6.22. The van der Waals surface area contributed by atoms with Gasteiger partial charge < -0.3 is 19.9 Å². The third-order valence-corrected chi connectivity index (χ3v) is 6.44. The molecule has 1 unspecified atom stereocenters. The average Bonchev–Trinajstić information content (AvgIpc) is 3.20. The number of hydrogen-bond acceptors (Lipinski definition) is 3. The molecule has 2 saturated heterocycles. The van der Waals surface area contributed by atoms with E-state index in [1.807, 2.05) is 6.07 Å². The monoisotopic (exact) mass is 420 g/mol. The van der Waals surface area contributed by atoms with Gasteiger partial charge in [0.25, 0.3) is 0 Å². The minimum absolute atomic E-state index is 0.589. The van der Waals surface area contributed by atoms with Crippen molar-refractivity contribution in [1.82, 2.24) is 10.2 Å². The van der Waals surface area contributed by atoms with Crippen LogP contribution in [0.4, 0.5) is 5.69 Å². The Balaban J connectivity index is 1.52. The van der Waals surface area contributed by atoms with Crippen molar-refractivity contribution < 1.29 is 4.74 Å². The molecule has 3 rings (SSSR count). The van der Waals surface area contributed by atoms with Gasteiger partial charge in [0.05, 0.1) is 0 Å². The highest BCUT2D eigenvalue weighted by atomic mass is 35.5. The quantitative estimate of drug-likeness (QED) is 0.530. The summed E-state index contributed by atoms with van der Waals surface area (Å²) in [6.45, 7) is 11.1. The average molecular weight is 421 g/mol. The minimum atomic E-state index is 0.589. The zero-order chi connectivity index (χ0) is 20.6. The second kappa shape index (κ2) is 11.1. The molecule has 1 aromatic carbocycles. The van der Waals surface area contributed by atoms with Crippen molar-refractivity contribution in [3.05, 3.63) is 28.8 Å². The molecule has 1 aromatic rings. The van der Waals surface area contributed by atoms with Crippen molar-refractivity contribution >= 4 is 23.2 Å². The lowest BCUT2D eigenvalue weighted by Gasteiger charge is -2.27. The van der Waals surface area contributed by atoms with Crippen LogP contribution in [0.25, 0.3) is 0 Å². The Morgan fingerprint density at radius 2 is 2.07 bits per heavy atom. The molecule has 0 spiro atoms. The highest BCUT2D eigenvalue weighted by molar-refractivity contribution is 6.30. The van der Waals surface area contributed by atoms with E-state index in [9.17, 15) is 0 Å². The number of halogens is 1. The Morgan fingerprint density at radius 1 is 1.28 bits per heavy atom. The molecule has 2 aliphatic heterocycles. The zero-order valence-corrected chi connectivity index (χ0v) is 19.0. The number of anilines is 1. The van der Waals surface area contributed by atoms with Crippen molar-refractivity contribution in [3.63, 3.8) is 0 Å². The van der Waals surface area contributed by atoms with E-state index in [-0.39, 0.29) is 0 Å². The fourth-order valence-corrected chi connectivity index (χ4v) is 4.49. The third kappa shape index (κ3) is 6.51. The summed E-state index contributed by atoms with van der Waals surface area (Å²) in [6.07, 6.45) is 4.79. The van der Waals surface area contributed by atoms with E-state index in [0.29, 0.717) is 5.92 Å². The molecule has 0 aromatic heterocycles. The largest absolute Gasteiger partial charge is 0.381 e. The van der Waals surface area contributed by atoms with Crippen LogP contribution in [-0.4, -0.2) is 63.8 Å². The highest BCUT2D eigenvalue weighted by Crippen LogP contribution is 2.29. The van der Waals surface area contributed by atoms with E-state index in [1.165, 1.54) is 36.9 Å². The Kier molecular flexibility index (Phi) is 8.49. The van der Waals surface area contributed by atoms with Gasteiger partial charge in [0.15, 0.2) is 5.96 Å². The fourth-order valence-electron chi connectivity index (χ4n) is 4.33. The number of aliphatic imine (C=N–C) groups is 1. The molecule has 6 heteroatoms. The van der Waals surface area contributed by atoms with E-state index in [2.05, 4.69) is 48.1 Å². The van der Waals surface area contributed by atoms with Crippen LogP contribution in [0.5, 0.6) is 0 Å². The van der Waals surface area contributed by atoms with Gasteiger partial charge in [-0.15, -0.1) is 0 Å². The van der Waals surface area contributed by atoms with Crippen LogP contribution < -0.4 is 10.2 Å². The SMILES string of the molecule is CCNC(=NCC1CCN(c2cc(Cl)ccc2C)C1)N(C)CCC1CCOCC1. The number of aryl methyl sites for hydroxylation is 1. The van der Waals surface area contributed by atoms with Crippen LogP contribution in [0.1, 0.15) is 38.2 Å². The first-order valence-corrected chi connectivity index (χ1v) is 11.5. The number of ether oxygens (including phenoxy) is 1. The first-order chi connectivity index (χ1) is 14.1. The van der Waals surface area contributed by atoms with Crippen molar-refractivity contribution in [2.75, 3.05) is 57.9 Å². The molecule has 2 aliphatic rings. The maximum atomic E-state index is 6.22. The summed E-state index contributed by atoms with van der Waals surface area (Å²) in [5, 5.41) is 4.29. The summed E-state index contributed by atoms with van der Waals surface area (Å²) in [5.74, 6) is 2.42. The topological polar surface area (TPSA) is 40.1 Å². The second-order valence-corrected chi connectivity index (χ2v) is 8.93. The molecular weight excluding hydrogens is 384 g/mol. The van der Waals surface area contributed by atoms with E-state index >= 15 is 0 Å². The van der Waals surface area contributed by atoms with Crippen LogP contribution in [0, 0.1) is 18.8 Å². The van der Waals surface area contributed by atoms with Gasteiger partial charge in [-0.1, -0.05) is 17.7 Å². The zero-order valence-electron chi connectivity index (χ0n) is 18.3. The van der Waals surface area contributed by atoms with Crippen LogP contribution in [0.15, 0.2) is 23.2 Å². The Labute approximate surface area is 181 Å². The maximum Gasteiger partial charge on any atom is 0.193 e. The molecule has 162 valence electrons. The van der Waals surface area contributed by atoms with Gasteiger partial charge in [-0.25, -0.2) is 0 Å². The van der Waals surface area contributed by atoms with Crippen LogP contribution in [0.2, 0.25) is 5.02 Å². The lowest BCUT2D eigenvalue weighted by Crippen LogP contribution is -2.40. The fraction of sp³-hybridized carbons (Fsp3) is 0.696. The van der Waals surface area contributed by atoms with E-state index in [4.69, 9.17) is 21.3 Å². The first-order valence-electron chi connectivity index (χ1n) is 11.1. The predicted molar refractivity (Wildman–Crippen MR) is 123 cm³/mol. The molecule has 0 saturated carbocycles. The minimum Gasteiger partial charge on any atom is -0.381 e. The third-order valence-electron chi connectivity index (χ3n) is 6.21.